The van der Waals surface area contributed by atoms with E-state index in [1.807, 2.05) is 39.9 Å². The lowest BCUT2D eigenvalue weighted by atomic mass is 10.3. The van der Waals surface area contributed by atoms with Gasteiger partial charge in [-0.25, -0.2) is 0 Å². The molecule has 1 N–H and O–H groups in total. The van der Waals surface area contributed by atoms with Crippen LogP contribution in [0.3, 0.4) is 0 Å². The lowest BCUT2D eigenvalue weighted by Gasteiger charge is -2.12. The van der Waals surface area contributed by atoms with Crippen LogP contribution >= 0.6 is 24.0 Å². The predicted molar refractivity (Wildman–Crippen MR) is 80.1 cm³/mol. The summed E-state index contributed by atoms with van der Waals surface area (Å²) in [6.07, 6.45) is 0. The first-order chi connectivity index (χ1) is 8.32. The van der Waals surface area contributed by atoms with Gasteiger partial charge in [0.2, 0.25) is 5.91 Å². The molecule has 5 nitrogen and oxygen atoms in total. The number of hydrogen-bond acceptors (Lipinski definition) is 4. The fourth-order valence-corrected chi connectivity index (χ4v) is 2.15. The van der Waals surface area contributed by atoms with Gasteiger partial charge in [0.15, 0.2) is 0 Å². The summed E-state index contributed by atoms with van der Waals surface area (Å²) >= 11 is 6.46. The van der Waals surface area contributed by atoms with Crippen molar-refractivity contribution >= 4 is 39.9 Å². The monoisotopic (exact) mass is 286 g/mol. The van der Waals surface area contributed by atoms with E-state index < -0.39 is 0 Å². The molecule has 0 aliphatic rings. The van der Waals surface area contributed by atoms with Crippen molar-refractivity contribution in [2.45, 2.75) is 13.8 Å². The molecule has 0 bridgehead atoms. The van der Waals surface area contributed by atoms with Gasteiger partial charge >= 0.3 is 0 Å². The molecule has 18 heavy (non-hydrogen) atoms. The molecule has 0 fully saturated rings. The quantitative estimate of drug-likeness (QED) is 0.855. The largest absolute Gasteiger partial charge is 0.364 e. The van der Waals surface area contributed by atoms with Crippen LogP contribution in [0.2, 0.25) is 0 Å². The number of carbonyl (C=O) groups excluding carboxylic acids is 1. The summed E-state index contributed by atoms with van der Waals surface area (Å²) in [5, 5.41) is 7.12. The maximum absolute atomic E-state index is 11.8. The van der Waals surface area contributed by atoms with Crippen molar-refractivity contribution in [3.05, 3.63) is 11.4 Å². The van der Waals surface area contributed by atoms with Crippen molar-refractivity contribution in [3.8, 4) is 0 Å². The summed E-state index contributed by atoms with van der Waals surface area (Å²) in [7, 11) is 5.58. The van der Waals surface area contributed by atoms with Crippen LogP contribution in [0.15, 0.2) is 0 Å². The van der Waals surface area contributed by atoms with E-state index >= 15 is 0 Å². The average Bonchev–Trinajstić information content (AvgIpc) is 2.52. The molecular weight excluding hydrogens is 268 g/mol. The molecule has 0 radical (unpaired) electrons. The van der Waals surface area contributed by atoms with Crippen molar-refractivity contribution in [3.63, 3.8) is 0 Å². The van der Waals surface area contributed by atoms with Crippen LogP contribution in [0.4, 0.5) is 5.69 Å². The van der Waals surface area contributed by atoms with Crippen molar-refractivity contribution in [2.75, 3.05) is 25.2 Å². The smallest absolute Gasteiger partial charge is 0.234 e. The molecule has 0 aromatic carbocycles. The van der Waals surface area contributed by atoms with E-state index in [0.29, 0.717) is 10.1 Å². The number of nitrogens with zero attached hydrogens (tertiary/aromatic N) is 3. The average molecular weight is 286 g/mol. The number of carbonyl (C=O) groups is 1. The van der Waals surface area contributed by atoms with Crippen molar-refractivity contribution < 1.29 is 4.79 Å². The minimum absolute atomic E-state index is 0.0663. The zero-order valence-electron chi connectivity index (χ0n) is 11.3. The highest BCUT2D eigenvalue weighted by Gasteiger charge is 2.13. The molecule has 1 amide bonds. The predicted octanol–water partition coefficient (Wildman–Crippen LogP) is 1.56. The number of hydrogen-bond donors (Lipinski definition) is 1. The zero-order chi connectivity index (χ0) is 13.9. The highest BCUT2D eigenvalue weighted by molar-refractivity contribution is 8.23. The van der Waals surface area contributed by atoms with E-state index in [2.05, 4.69) is 10.4 Å². The van der Waals surface area contributed by atoms with Crippen LogP contribution in [0.5, 0.6) is 0 Å². The number of thioether (sulfide) groups is 1. The summed E-state index contributed by atoms with van der Waals surface area (Å²) in [6.45, 7) is 3.80. The Morgan fingerprint density at radius 3 is 2.56 bits per heavy atom. The van der Waals surface area contributed by atoms with E-state index in [0.717, 1.165) is 17.1 Å². The number of rotatable bonds is 3. The molecule has 7 heteroatoms. The third kappa shape index (κ3) is 3.71. The second-order valence-electron chi connectivity index (χ2n) is 4.17. The van der Waals surface area contributed by atoms with Gasteiger partial charge in [0.05, 0.1) is 22.8 Å². The molecule has 0 saturated heterocycles. The van der Waals surface area contributed by atoms with Crippen LogP contribution in [-0.4, -0.2) is 44.8 Å². The fourth-order valence-electron chi connectivity index (χ4n) is 1.39. The molecule has 0 aliphatic heterocycles. The van der Waals surface area contributed by atoms with Crippen LogP contribution in [-0.2, 0) is 11.8 Å². The van der Waals surface area contributed by atoms with Crippen LogP contribution in [0, 0.1) is 13.8 Å². The first kappa shape index (κ1) is 15.0. The second-order valence-corrected chi connectivity index (χ2v) is 5.78. The minimum atomic E-state index is -0.0663. The molecule has 0 unspecified atom stereocenters. The molecular formula is C11H18N4OS2. The van der Waals surface area contributed by atoms with Gasteiger partial charge in [0.25, 0.3) is 0 Å². The van der Waals surface area contributed by atoms with Gasteiger partial charge in [-0.05, 0) is 13.8 Å². The Bertz CT molecular complexity index is 468. The topological polar surface area (TPSA) is 50.2 Å². The van der Waals surface area contributed by atoms with Gasteiger partial charge in [-0.1, -0.05) is 24.0 Å². The summed E-state index contributed by atoms with van der Waals surface area (Å²) in [4.78, 5) is 13.6. The number of aromatic nitrogens is 2. The first-order valence-electron chi connectivity index (χ1n) is 5.47. The standard InChI is InChI=1S/C11H18N4OS2/c1-7-10(8(2)15(5)13-7)12-9(16)6-18-11(17)14(3)4/h6H2,1-5H3,(H,12,16). The van der Waals surface area contributed by atoms with Gasteiger partial charge in [-0.15, -0.1) is 0 Å². The highest BCUT2D eigenvalue weighted by Crippen LogP contribution is 2.18. The summed E-state index contributed by atoms with van der Waals surface area (Å²) in [5.74, 6) is 0.244. The van der Waals surface area contributed by atoms with E-state index in [1.165, 1.54) is 11.8 Å². The molecule has 1 aromatic rings. The maximum atomic E-state index is 11.8. The Morgan fingerprint density at radius 1 is 1.50 bits per heavy atom. The molecule has 0 aliphatic carbocycles. The summed E-state index contributed by atoms with van der Waals surface area (Å²) < 4.78 is 2.45. The Balaban J connectivity index is 2.58. The Morgan fingerprint density at radius 2 is 2.11 bits per heavy atom. The lowest BCUT2D eigenvalue weighted by molar-refractivity contribution is -0.113. The number of thiocarbonyl (C=S) groups is 1. The fraction of sp³-hybridized carbons (Fsp3) is 0.545. The molecule has 0 saturated carbocycles. The van der Waals surface area contributed by atoms with E-state index in [4.69, 9.17) is 12.2 Å². The highest BCUT2D eigenvalue weighted by atomic mass is 32.2. The van der Waals surface area contributed by atoms with Gasteiger partial charge in [-0.2, -0.15) is 5.10 Å². The van der Waals surface area contributed by atoms with Crippen LogP contribution < -0.4 is 5.32 Å². The Hall–Kier alpha value is -1.08. The Kier molecular flexibility index (Phi) is 5.15. The number of nitrogens with one attached hydrogen (secondary N) is 1. The van der Waals surface area contributed by atoms with E-state index in [1.54, 1.807) is 4.68 Å². The van der Waals surface area contributed by atoms with E-state index in [-0.39, 0.29) is 5.91 Å². The van der Waals surface area contributed by atoms with Gasteiger partial charge < -0.3 is 10.2 Å². The second kappa shape index (κ2) is 6.19. The van der Waals surface area contributed by atoms with E-state index in [9.17, 15) is 4.79 Å². The van der Waals surface area contributed by atoms with Gasteiger partial charge in [0.1, 0.15) is 4.32 Å². The molecule has 0 atom stereocenters. The number of anilines is 1. The van der Waals surface area contributed by atoms with Crippen molar-refractivity contribution in [2.24, 2.45) is 7.05 Å². The molecule has 0 spiro atoms. The molecule has 1 rings (SSSR count). The lowest BCUT2D eigenvalue weighted by Crippen LogP contribution is -2.21. The van der Waals surface area contributed by atoms with Gasteiger partial charge in [0, 0.05) is 21.1 Å². The number of aryl methyl sites for hydroxylation is 2. The normalized spacial score (nSPS) is 10.3. The summed E-state index contributed by atoms with van der Waals surface area (Å²) in [6, 6.07) is 0. The third-order valence-corrected chi connectivity index (χ3v) is 4.20. The van der Waals surface area contributed by atoms with Crippen molar-refractivity contribution in [1.29, 1.82) is 0 Å². The minimum Gasteiger partial charge on any atom is -0.364 e. The van der Waals surface area contributed by atoms with Gasteiger partial charge in [-0.3, -0.25) is 9.48 Å². The molecule has 1 aromatic heterocycles. The van der Waals surface area contributed by atoms with Crippen molar-refractivity contribution in [1.82, 2.24) is 14.7 Å². The third-order valence-electron chi connectivity index (χ3n) is 2.47. The first-order valence-corrected chi connectivity index (χ1v) is 6.86. The van der Waals surface area contributed by atoms with Crippen LogP contribution in [0.1, 0.15) is 11.4 Å². The maximum Gasteiger partial charge on any atom is 0.234 e. The molecule has 100 valence electrons. The Labute approximate surface area is 117 Å². The van der Waals surface area contributed by atoms with Crippen LogP contribution in [0.25, 0.3) is 0 Å². The number of amides is 1. The SMILES string of the molecule is Cc1nn(C)c(C)c1NC(=O)CSC(=S)N(C)C. The molecule has 1 heterocycles. The zero-order valence-corrected chi connectivity index (χ0v) is 12.9. The summed E-state index contributed by atoms with van der Waals surface area (Å²) in [5.41, 5.74) is 2.56.